The Hall–Kier alpha value is -0.830. The Morgan fingerprint density at radius 2 is 2.33 bits per heavy atom. The van der Waals surface area contributed by atoms with E-state index in [1.165, 1.54) is 7.11 Å². The number of carboxylic acid groups (broad SMARTS) is 1. The SMILES string of the molecule is COCC(C)=CC(=O)O. The zero-order valence-electron chi connectivity index (χ0n) is 5.55. The number of rotatable bonds is 3. The largest absolute Gasteiger partial charge is 0.478 e. The molecule has 9 heavy (non-hydrogen) atoms. The number of hydrogen-bond donors (Lipinski definition) is 1. The fourth-order valence-corrected chi connectivity index (χ4v) is 0.480. The van der Waals surface area contributed by atoms with Gasteiger partial charge in [-0.3, -0.25) is 0 Å². The van der Waals surface area contributed by atoms with E-state index in [-0.39, 0.29) is 0 Å². The lowest BCUT2D eigenvalue weighted by Gasteiger charge is -1.94. The van der Waals surface area contributed by atoms with Gasteiger partial charge in [-0.15, -0.1) is 0 Å². The van der Waals surface area contributed by atoms with Gasteiger partial charge in [-0.1, -0.05) is 0 Å². The van der Waals surface area contributed by atoms with E-state index in [0.717, 1.165) is 6.08 Å². The lowest BCUT2D eigenvalue weighted by Crippen LogP contribution is -1.95. The standard InChI is InChI=1S/C6H10O3/c1-5(4-9-2)3-6(7)8/h3H,4H2,1-2H3,(H,7,8). The van der Waals surface area contributed by atoms with E-state index < -0.39 is 5.97 Å². The first-order chi connectivity index (χ1) is 4.16. The van der Waals surface area contributed by atoms with Gasteiger partial charge < -0.3 is 9.84 Å². The first-order valence-electron chi connectivity index (χ1n) is 2.56. The molecule has 0 spiro atoms. The van der Waals surface area contributed by atoms with E-state index in [2.05, 4.69) is 4.74 Å². The zero-order valence-corrected chi connectivity index (χ0v) is 5.55. The summed E-state index contributed by atoms with van der Waals surface area (Å²) in [5.74, 6) is -0.926. The minimum atomic E-state index is -0.926. The highest BCUT2D eigenvalue weighted by atomic mass is 16.5. The summed E-state index contributed by atoms with van der Waals surface area (Å²) in [5.41, 5.74) is 0.713. The summed E-state index contributed by atoms with van der Waals surface area (Å²) < 4.78 is 4.67. The summed E-state index contributed by atoms with van der Waals surface area (Å²) in [5, 5.41) is 8.18. The van der Waals surface area contributed by atoms with Crippen LogP contribution in [0.25, 0.3) is 0 Å². The molecule has 0 rings (SSSR count). The van der Waals surface area contributed by atoms with E-state index in [1.807, 2.05) is 0 Å². The highest BCUT2D eigenvalue weighted by Crippen LogP contribution is 1.90. The van der Waals surface area contributed by atoms with Gasteiger partial charge in [0.2, 0.25) is 0 Å². The topological polar surface area (TPSA) is 46.5 Å². The number of hydrogen-bond acceptors (Lipinski definition) is 2. The van der Waals surface area contributed by atoms with Crippen molar-refractivity contribution in [1.29, 1.82) is 0 Å². The van der Waals surface area contributed by atoms with Crippen LogP contribution in [0.1, 0.15) is 6.92 Å². The number of aliphatic carboxylic acids is 1. The Morgan fingerprint density at radius 3 is 2.67 bits per heavy atom. The van der Waals surface area contributed by atoms with Crippen molar-refractivity contribution >= 4 is 5.97 Å². The van der Waals surface area contributed by atoms with Crippen molar-refractivity contribution in [3.8, 4) is 0 Å². The molecule has 0 aliphatic carbocycles. The Balaban J connectivity index is 3.69. The van der Waals surface area contributed by atoms with Crippen molar-refractivity contribution in [3.63, 3.8) is 0 Å². The van der Waals surface area contributed by atoms with Crippen LogP contribution in [0.3, 0.4) is 0 Å². The average molecular weight is 130 g/mol. The number of carboxylic acids is 1. The molecule has 1 N–H and O–H groups in total. The maximum absolute atomic E-state index is 9.95. The van der Waals surface area contributed by atoms with Crippen LogP contribution in [0.4, 0.5) is 0 Å². The lowest BCUT2D eigenvalue weighted by atomic mass is 10.3. The van der Waals surface area contributed by atoms with E-state index in [1.54, 1.807) is 6.92 Å². The average Bonchev–Trinajstić information content (AvgIpc) is 1.63. The van der Waals surface area contributed by atoms with E-state index in [0.29, 0.717) is 12.2 Å². The molecule has 0 amide bonds. The van der Waals surface area contributed by atoms with Crippen LogP contribution in [-0.4, -0.2) is 24.8 Å². The molecule has 3 nitrogen and oxygen atoms in total. The second kappa shape index (κ2) is 4.09. The fourth-order valence-electron chi connectivity index (χ4n) is 0.480. The predicted octanol–water partition coefficient (Wildman–Crippen LogP) is 0.664. The van der Waals surface area contributed by atoms with Crippen LogP contribution in [0, 0.1) is 0 Å². The van der Waals surface area contributed by atoms with Crippen LogP contribution in [-0.2, 0) is 9.53 Å². The summed E-state index contributed by atoms with van der Waals surface area (Å²) in [7, 11) is 1.53. The van der Waals surface area contributed by atoms with E-state index in [9.17, 15) is 4.79 Å². The van der Waals surface area contributed by atoms with Gasteiger partial charge in [0.05, 0.1) is 6.61 Å². The Bertz CT molecular complexity index is 126. The molecule has 0 unspecified atom stereocenters. The Kier molecular flexibility index (Phi) is 3.71. The Morgan fingerprint density at radius 1 is 1.78 bits per heavy atom. The van der Waals surface area contributed by atoms with Gasteiger partial charge in [-0.25, -0.2) is 4.79 Å². The third-order valence-corrected chi connectivity index (χ3v) is 0.742. The molecule has 0 aliphatic heterocycles. The number of methoxy groups -OCH3 is 1. The molecule has 0 aromatic rings. The highest BCUT2D eigenvalue weighted by molar-refractivity contribution is 5.80. The summed E-state index contributed by atoms with van der Waals surface area (Å²) in [6, 6.07) is 0. The van der Waals surface area contributed by atoms with Crippen molar-refractivity contribution in [2.75, 3.05) is 13.7 Å². The minimum Gasteiger partial charge on any atom is -0.478 e. The summed E-state index contributed by atoms with van der Waals surface area (Å²) in [4.78, 5) is 9.95. The van der Waals surface area contributed by atoms with Gasteiger partial charge in [-0.05, 0) is 12.5 Å². The first-order valence-corrected chi connectivity index (χ1v) is 2.56. The van der Waals surface area contributed by atoms with Crippen LogP contribution in [0.5, 0.6) is 0 Å². The van der Waals surface area contributed by atoms with Crippen LogP contribution >= 0.6 is 0 Å². The second-order valence-electron chi connectivity index (χ2n) is 1.76. The van der Waals surface area contributed by atoms with Gasteiger partial charge in [0.25, 0.3) is 0 Å². The molecule has 0 saturated carbocycles. The van der Waals surface area contributed by atoms with Gasteiger partial charge >= 0.3 is 5.97 Å². The van der Waals surface area contributed by atoms with E-state index in [4.69, 9.17) is 5.11 Å². The zero-order chi connectivity index (χ0) is 7.28. The molecule has 0 aliphatic rings. The number of carbonyl (C=O) groups is 1. The highest BCUT2D eigenvalue weighted by Gasteiger charge is 1.91. The van der Waals surface area contributed by atoms with Crippen molar-refractivity contribution in [3.05, 3.63) is 11.6 Å². The van der Waals surface area contributed by atoms with Gasteiger partial charge in [0, 0.05) is 13.2 Å². The normalized spacial score (nSPS) is 11.6. The molecule has 3 heteroatoms. The summed E-state index contributed by atoms with van der Waals surface area (Å²) in [6.45, 7) is 2.09. The third kappa shape index (κ3) is 5.03. The molecule has 0 heterocycles. The lowest BCUT2D eigenvalue weighted by molar-refractivity contribution is -0.131. The monoisotopic (exact) mass is 130 g/mol. The predicted molar refractivity (Wildman–Crippen MR) is 33.3 cm³/mol. The molecule has 0 saturated heterocycles. The fraction of sp³-hybridized carbons (Fsp3) is 0.500. The molecular formula is C6H10O3. The van der Waals surface area contributed by atoms with Crippen molar-refractivity contribution in [2.45, 2.75) is 6.92 Å². The van der Waals surface area contributed by atoms with Crippen molar-refractivity contribution in [2.24, 2.45) is 0 Å². The van der Waals surface area contributed by atoms with Gasteiger partial charge in [0.1, 0.15) is 0 Å². The minimum absolute atomic E-state index is 0.381. The first kappa shape index (κ1) is 8.17. The van der Waals surface area contributed by atoms with Crippen molar-refractivity contribution in [1.82, 2.24) is 0 Å². The number of ether oxygens (including phenoxy) is 1. The molecule has 0 aromatic heterocycles. The Labute approximate surface area is 53.9 Å². The molecule has 52 valence electrons. The van der Waals surface area contributed by atoms with Crippen LogP contribution in [0.2, 0.25) is 0 Å². The third-order valence-electron chi connectivity index (χ3n) is 0.742. The summed E-state index contributed by atoms with van der Waals surface area (Å²) >= 11 is 0. The molecule has 0 atom stereocenters. The quantitative estimate of drug-likeness (QED) is 0.571. The van der Waals surface area contributed by atoms with Crippen LogP contribution in [0.15, 0.2) is 11.6 Å². The van der Waals surface area contributed by atoms with Crippen LogP contribution < -0.4 is 0 Å². The molecular weight excluding hydrogens is 120 g/mol. The second-order valence-corrected chi connectivity index (χ2v) is 1.76. The van der Waals surface area contributed by atoms with Crippen molar-refractivity contribution < 1.29 is 14.6 Å². The maximum Gasteiger partial charge on any atom is 0.328 e. The molecule has 0 fully saturated rings. The maximum atomic E-state index is 9.95. The van der Waals surface area contributed by atoms with E-state index >= 15 is 0 Å². The smallest absolute Gasteiger partial charge is 0.328 e. The van der Waals surface area contributed by atoms with Gasteiger partial charge in [-0.2, -0.15) is 0 Å². The molecule has 0 bridgehead atoms. The molecule has 0 radical (unpaired) electrons. The molecule has 0 aromatic carbocycles. The summed E-state index contributed by atoms with van der Waals surface area (Å²) in [6.07, 6.45) is 1.13. The van der Waals surface area contributed by atoms with Gasteiger partial charge in [0.15, 0.2) is 0 Å².